The average Bonchev–Trinajstić information content (AvgIpc) is 2.61. The summed E-state index contributed by atoms with van der Waals surface area (Å²) in [5.41, 5.74) is 0.934. The van der Waals surface area contributed by atoms with Gasteiger partial charge in [-0.05, 0) is 25.5 Å². The molecule has 1 aromatic carbocycles. The van der Waals surface area contributed by atoms with E-state index in [1.807, 2.05) is 28.8 Å². The van der Waals surface area contributed by atoms with Gasteiger partial charge in [0.15, 0.2) is 0 Å². The molecular weight excluding hydrogens is 188 g/mol. The number of hydrogen-bond acceptors (Lipinski definition) is 2. The SMILES string of the molecule is CC1CCc2nc3ccccc3c(=O)n21. The molecule has 2 aromatic rings. The summed E-state index contributed by atoms with van der Waals surface area (Å²) in [6.45, 7) is 2.08. The summed E-state index contributed by atoms with van der Waals surface area (Å²) in [5, 5.41) is 0.731. The molecule has 0 fully saturated rings. The molecule has 0 saturated heterocycles. The van der Waals surface area contributed by atoms with Crippen molar-refractivity contribution in [1.29, 1.82) is 0 Å². The Morgan fingerprint density at radius 2 is 2.20 bits per heavy atom. The van der Waals surface area contributed by atoms with E-state index in [2.05, 4.69) is 11.9 Å². The van der Waals surface area contributed by atoms with Crippen molar-refractivity contribution in [1.82, 2.24) is 9.55 Å². The number of nitrogens with zero attached hydrogens (tertiary/aromatic N) is 2. The van der Waals surface area contributed by atoms with Crippen molar-refractivity contribution in [3.05, 3.63) is 40.4 Å². The summed E-state index contributed by atoms with van der Waals surface area (Å²) in [6.07, 6.45) is 1.94. The maximum atomic E-state index is 12.2. The van der Waals surface area contributed by atoms with Gasteiger partial charge in [0.25, 0.3) is 5.56 Å². The summed E-state index contributed by atoms with van der Waals surface area (Å²) in [4.78, 5) is 16.7. The zero-order chi connectivity index (χ0) is 10.4. The minimum atomic E-state index is 0.112. The summed E-state index contributed by atoms with van der Waals surface area (Å²) < 4.78 is 1.84. The van der Waals surface area contributed by atoms with Crippen molar-refractivity contribution >= 4 is 10.9 Å². The van der Waals surface area contributed by atoms with Gasteiger partial charge in [-0.3, -0.25) is 9.36 Å². The molecule has 1 aliphatic rings. The van der Waals surface area contributed by atoms with Crippen LogP contribution in [-0.4, -0.2) is 9.55 Å². The van der Waals surface area contributed by atoms with Gasteiger partial charge in [-0.25, -0.2) is 4.98 Å². The molecule has 15 heavy (non-hydrogen) atoms. The molecule has 0 aliphatic carbocycles. The fraction of sp³-hybridized carbons (Fsp3) is 0.333. The largest absolute Gasteiger partial charge is 0.293 e. The number of para-hydroxylation sites is 1. The number of fused-ring (bicyclic) bond motifs is 2. The topological polar surface area (TPSA) is 34.9 Å². The normalized spacial score (nSPS) is 19.4. The maximum Gasteiger partial charge on any atom is 0.261 e. The third kappa shape index (κ3) is 1.12. The van der Waals surface area contributed by atoms with Crippen molar-refractivity contribution in [3.8, 4) is 0 Å². The third-order valence-corrected chi connectivity index (χ3v) is 3.11. The predicted octanol–water partition coefficient (Wildman–Crippen LogP) is 1.90. The van der Waals surface area contributed by atoms with Gasteiger partial charge in [-0.15, -0.1) is 0 Å². The Bertz CT molecular complexity index is 586. The lowest BCUT2D eigenvalue weighted by Gasteiger charge is -2.09. The molecule has 3 rings (SSSR count). The molecule has 1 aromatic heterocycles. The Balaban J connectivity index is 2.47. The molecule has 1 aliphatic heterocycles. The molecule has 0 spiro atoms. The van der Waals surface area contributed by atoms with E-state index in [-0.39, 0.29) is 5.56 Å². The van der Waals surface area contributed by atoms with Crippen LogP contribution in [0, 0.1) is 0 Å². The van der Waals surface area contributed by atoms with E-state index in [0.29, 0.717) is 6.04 Å². The van der Waals surface area contributed by atoms with Crippen molar-refractivity contribution in [2.75, 3.05) is 0 Å². The highest BCUT2D eigenvalue weighted by Crippen LogP contribution is 2.22. The van der Waals surface area contributed by atoms with Gasteiger partial charge in [0.2, 0.25) is 0 Å². The van der Waals surface area contributed by atoms with Crippen molar-refractivity contribution in [2.45, 2.75) is 25.8 Å². The molecule has 0 amide bonds. The molecule has 0 saturated carbocycles. The third-order valence-electron chi connectivity index (χ3n) is 3.11. The van der Waals surface area contributed by atoms with E-state index in [0.717, 1.165) is 29.6 Å². The molecule has 0 radical (unpaired) electrons. The van der Waals surface area contributed by atoms with Crippen LogP contribution in [0.2, 0.25) is 0 Å². The maximum absolute atomic E-state index is 12.2. The lowest BCUT2D eigenvalue weighted by atomic mass is 10.2. The summed E-state index contributed by atoms with van der Waals surface area (Å²) in [7, 11) is 0. The highest BCUT2D eigenvalue weighted by atomic mass is 16.1. The van der Waals surface area contributed by atoms with Crippen LogP contribution >= 0.6 is 0 Å². The molecular formula is C12H12N2O. The molecule has 3 heteroatoms. The monoisotopic (exact) mass is 200 g/mol. The standard InChI is InChI=1S/C12H12N2O/c1-8-6-7-11-13-10-5-3-2-4-9(10)12(15)14(8)11/h2-5,8H,6-7H2,1H3. The van der Waals surface area contributed by atoms with Crippen molar-refractivity contribution in [2.24, 2.45) is 0 Å². The number of benzene rings is 1. The van der Waals surface area contributed by atoms with Gasteiger partial charge in [-0.2, -0.15) is 0 Å². The number of aromatic nitrogens is 2. The van der Waals surface area contributed by atoms with Crippen LogP contribution in [0.3, 0.4) is 0 Å². The number of hydrogen-bond donors (Lipinski definition) is 0. The lowest BCUT2D eigenvalue weighted by Crippen LogP contribution is -2.22. The predicted molar refractivity (Wildman–Crippen MR) is 59.0 cm³/mol. The second-order valence-electron chi connectivity index (χ2n) is 4.11. The fourth-order valence-electron chi connectivity index (χ4n) is 2.29. The van der Waals surface area contributed by atoms with Gasteiger partial charge in [-0.1, -0.05) is 12.1 Å². The second-order valence-corrected chi connectivity index (χ2v) is 4.11. The van der Waals surface area contributed by atoms with Gasteiger partial charge in [0.05, 0.1) is 10.9 Å². The van der Waals surface area contributed by atoms with Gasteiger partial charge in [0.1, 0.15) is 5.82 Å². The van der Waals surface area contributed by atoms with E-state index in [9.17, 15) is 4.79 Å². The molecule has 0 bridgehead atoms. The summed E-state index contributed by atoms with van der Waals surface area (Å²) >= 11 is 0. The first-order chi connectivity index (χ1) is 7.27. The first kappa shape index (κ1) is 8.65. The molecule has 3 nitrogen and oxygen atoms in total. The van der Waals surface area contributed by atoms with Crippen LogP contribution in [0.1, 0.15) is 25.2 Å². The van der Waals surface area contributed by atoms with Crippen LogP contribution in [-0.2, 0) is 6.42 Å². The second kappa shape index (κ2) is 2.92. The molecule has 2 heterocycles. The number of rotatable bonds is 0. The Morgan fingerprint density at radius 1 is 1.40 bits per heavy atom. The Morgan fingerprint density at radius 3 is 3.07 bits per heavy atom. The average molecular weight is 200 g/mol. The summed E-state index contributed by atoms with van der Waals surface area (Å²) in [6, 6.07) is 7.86. The summed E-state index contributed by atoms with van der Waals surface area (Å²) in [5.74, 6) is 0.936. The quantitative estimate of drug-likeness (QED) is 0.651. The zero-order valence-corrected chi connectivity index (χ0v) is 8.60. The van der Waals surface area contributed by atoms with Gasteiger partial charge >= 0.3 is 0 Å². The minimum Gasteiger partial charge on any atom is -0.293 e. The van der Waals surface area contributed by atoms with E-state index < -0.39 is 0 Å². The molecule has 1 atom stereocenters. The van der Waals surface area contributed by atoms with Gasteiger partial charge < -0.3 is 0 Å². The smallest absolute Gasteiger partial charge is 0.261 e. The molecule has 1 unspecified atom stereocenters. The first-order valence-corrected chi connectivity index (χ1v) is 5.27. The van der Waals surface area contributed by atoms with Crippen molar-refractivity contribution < 1.29 is 0 Å². The van der Waals surface area contributed by atoms with E-state index >= 15 is 0 Å². The molecule has 76 valence electrons. The molecule has 0 N–H and O–H groups in total. The highest BCUT2D eigenvalue weighted by molar-refractivity contribution is 5.77. The Labute approximate surface area is 87.4 Å². The zero-order valence-electron chi connectivity index (χ0n) is 8.60. The van der Waals surface area contributed by atoms with Crippen LogP contribution in [0.25, 0.3) is 10.9 Å². The van der Waals surface area contributed by atoms with Gasteiger partial charge in [0, 0.05) is 12.5 Å². The van der Waals surface area contributed by atoms with E-state index in [1.54, 1.807) is 0 Å². The van der Waals surface area contributed by atoms with Crippen LogP contribution < -0.4 is 5.56 Å². The lowest BCUT2D eigenvalue weighted by molar-refractivity contribution is 0.563. The van der Waals surface area contributed by atoms with E-state index in [1.165, 1.54) is 0 Å². The Hall–Kier alpha value is -1.64. The number of aryl methyl sites for hydroxylation is 1. The van der Waals surface area contributed by atoms with Crippen LogP contribution in [0.15, 0.2) is 29.1 Å². The first-order valence-electron chi connectivity index (χ1n) is 5.27. The highest BCUT2D eigenvalue weighted by Gasteiger charge is 2.21. The minimum absolute atomic E-state index is 0.112. The fourth-order valence-corrected chi connectivity index (χ4v) is 2.29. The van der Waals surface area contributed by atoms with Crippen LogP contribution in [0.4, 0.5) is 0 Å². The van der Waals surface area contributed by atoms with Crippen LogP contribution in [0.5, 0.6) is 0 Å². The van der Waals surface area contributed by atoms with E-state index in [4.69, 9.17) is 0 Å². The Kier molecular flexibility index (Phi) is 1.69. The van der Waals surface area contributed by atoms with Crippen molar-refractivity contribution in [3.63, 3.8) is 0 Å².